The average molecular weight is 343 g/mol. The summed E-state index contributed by atoms with van der Waals surface area (Å²) in [7, 11) is 0. The standard InChI is InChI=1S/C20H29N3O2/c1-2-3-4-15-5-7-18(8-6-15)23-14-16(13-19(23)24)20(25)22-11-9-17(21)10-12-22/h5-8,16-17H,2-4,9-14,21H2,1H3. The highest BCUT2D eigenvalue weighted by Gasteiger charge is 2.37. The lowest BCUT2D eigenvalue weighted by Gasteiger charge is -2.31. The minimum absolute atomic E-state index is 0.0494. The fraction of sp³-hybridized carbons (Fsp3) is 0.600. The molecular weight excluding hydrogens is 314 g/mol. The number of hydrogen-bond donors (Lipinski definition) is 1. The second kappa shape index (κ2) is 8.00. The van der Waals surface area contributed by atoms with Gasteiger partial charge in [-0.2, -0.15) is 0 Å². The van der Waals surface area contributed by atoms with Crippen LogP contribution in [0.15, 0.2) is 24.3 Å². The lowest BCUT2D eigenvalue weighted by atomic mass is 10.0. The normalized spacial score (nSPS) is 21.8. The van der Waals surface area contributed by atoms with Gasteiger partial charge in [0.1, 0.15) is 0 Å². The lowest BCUT2D eigenvalue weighted by molar-refractivity contribution is -0.136. The van der Waals surface area contributed by atoms with Gasteiger partial charge in [-0.3, -0.25) is 9.59 Å². The molecule has 1 aromatic carbocycles. The van der Waals surface area contributed by atoms with Gasteiger partial charge in [-0.25, -0.2) is 0 Å². The minimum Gasteiger partial charge on any atom is -0.342 e. The van der Waals surface area contributed by atoms with Gasteiger partial charge in [0, 0.05) is 37.8 Å². The van der Waals surface area contributed by atoms with Crippen LogP contribution >= 0.6 is 0 Å². The number of nitrogens with two attached hydrogens (primary N) is 1. The molecule has 5 nitrogen and oxygen atoms in total. The number of aryl methyl sites for hydroxylation is 1. The Bertz CT molecular complexity index is 606. The quantitative estimate of drug-likeness (QED) is 0.892. The molecule has 0 bridgehead atoms. The van der Waals surface area contributed by atoms with Gasteiger partial charge in [0.15, 0.2) is 0 Å². The number of rotatable bonds is 5. The molecule has 2 amide bonds. The van der Waals surface area contributed by atoms with Crippen LogP contribution in [0.25, 0.3) is 0 Å². The van der Waals surface area contributed by atoms with E-state index in [0.717, 1.165) is 38.0 Å². The first-order valence-corrected chi connectivity index (χ1v) is 9.52. The number of benzene rings is 1. The van der Waals surface area contributed by atoms with Gasteiger partial charge in [-0.05, 0) is 43.4 Å². The molecule has 2 saturated heterocycles. The highest BCUT2D eigenvalue weighted by molar-refractivity contribution is 6.00. The molecule has 1 aromatic rings. The molecule has 2 fully saturated rings. The van der Waals surface area contributed by atoms with Crippen LogP contribution in [0.3, 0.4) is 0 Å². The van der Waals surface area contributed by atoms with Crippen molar-refractivity contribution in [1.29, 1.82) is 0 Å². The van der Waals surface area contributed by atoms with Crippen LogP contribution in [0.4, 0.5) is 5.69 Å². The van der Waals surface area contributed by atoms with E-state index in [-0.39, 0.29) is 23.8 Å². The van der Waals surface area contributed by atoms with E-state index in [0.29, 0.717) is 13.0 Å². The first-order chi connectivity index (χ1) is 12.1. The van der Waals surface area contributed by atoms with Gasteiger partial charge < -0.3 is 15.5 Å². The van der Waals surface area contributed by atoms with Crippen LogP contribution in [-0.2, 0) is 16.0 Å². The number of amides is 2. The van der Waals surface area contributed by atoms with Crippen molar-refractivity contribution in [3.8, 4) is 0 Å². The fourth-order valence-corrected chi connectivity index (χ4v) is 3.72. The number of nitrogens with zero attached hydrogens (tertiary/aromatic N) is 2. The second-order valence-electron chi connectivity index (χ2n) is 7.34. The third-order valence-electron chi connectivity index (χ3n) is 5.39. The summed E-state index contributed by atoms with van der Waals surface area (Å²) in [5, 5.41) is 0. The molecule has 2 heterocycles. The maximum atomic E-state index is 12.7. The van der Waals surface area contributed by atoms with Crippen molar-refractivity contribution < 1.29 is 9.59 Å². The number of anilines is 1. The second-order valence-corrected chi connectivity index (χ2v) is 7.34. The van der Waals surface area contributed by atoms with E-state index in [4.69, 9.17) is 5.73 Å². The van der Waals surface area contributed by atoms with E-state index in [9.17, 15) is 9.59 Å². The molecule has 2 aliphatic heterocycles. The SMILES string of the molecule is CCCCc1ccc(N2CC(C(=O)N3CCC(N)CC3)CC2=O)cc1. The molecule has 1 atom stereocenters. The van der Waals surface area contributed by atoms with Crippen LogP contribution in [0.2, 0.25) is 0 Å². The van der Waals surface area contributed by atoms with Gasteiger partial charge in [0.05, 0.1) is 5.92 Å². The maximum absolute atomic E-state index is 12.7. The van der Waals surface area contributed by atoms with Crippen molar-refractivity contribution in [2.24, 2.45) is 11.7 Å². The molecule has 3 rings (SSSR count). The molecule has 0 aromatic heterocycles. The van der Waals surface area contributed by atoms with Gasteiger partial charge >= 0.3 is 0 Å². The Hall–Kier alpha value is -1.88. The summed E-state index contributed by atoms with van der Waals surface area (Å²) in [6, 6.07) is 8.42. The van der Waals surface area contributed by atoms with Crippen molar-refractivity contribution in [1.82, 2.24) is 4.90 Å². The van der Waals surface area contributed by atoms with Crippen LogP contribution < -0.4 is 10.6 Å². The smallest absolute Gasteiger partial charge is 0.228 e. The maximum Gasteiger partial charge on any atom is 0.228 e. The zero-order valence-electron chi connectivity index (χ0n) is 15.1. The summed E-state index contributed by atoms with van der Waals surface area (Å²) in [4.78, 5) is 28.8. The molecule has 2 N–H and O–H groups in total. The van der Waals surface area contributed by atoms with Crippen molar-refractivity contribution in [2.45, 2.75) is 51.5 Å². The number of piperidine rings is 1. The highest BCUT2D eigenvalue weighted by Crippen LogP contribution is 2.27. The molecule has 25 heavy (non-hydrogen) atoms. The highest BCUT2D eigenvalue weighted by atomic mass is 16.2. The summed E-state index contributed by atoms with van der Waals surface area (Å²) >= 11 is 0. The third-order valence-corrected chi connectivity index (χ3v) is 5.39. The molecule has 2 aliphatic rings. The van der Waals surface area contributed by atoms with Crippen LogP contribution in [0, 0.1) is 5.92 Å². The molecule has 0 aliphatic carbocycles. The third kappa shape index (κ3) is 4.21. The molecule has 136 valence electrons. The van der Waals surface area contributed by atoms with E-state index < -0.39 is 0 Å². The van der Waals surface area contributed by atoms with E-state index in [1.165, 1.54) is 18.4 Å². The van der Waals surface area contributed by atoms with E-state index >= 15 is 0 Å². The number of likely N-dealkylation sites (tertiary alicyclic amines) is 1. The Morgan fingerprint density at radius 3 is 2.52 bits per heavy atom. The van der Waals surface area contributed by atoms with Gasteiger partial charge in [-0.15, -0.1) is 0 Å². The molecule has 5 heteroatoms. The number of carbonyl (C=O) groups excluding carboxylic acids is 2. The van der Waals surface area contributed by atoms with Gasteiger partial charge in [0.2, 0.25) is 11.8 Å². The lowest BCUT2D eigenvalue weighted by Crippen LogP contribution is -2.45. The topological polar surface area (TPSA) is 66.6 Å². The largest absolute Gasteiger partial charge is 0.342 e. The zero-order valence-corrected chi connectivity index (χ0v) is 15.1. The monoisotopic (exact) mass is 343 g/mol. The number of carbonyl (C=O) groups is 2. The fourth-order valence-electron chi connectivity index (χ4n) is 3.72. The van der Waals surface area contributed by atoms with Crippen LogP contribution in [0.5, 0.6) is 0 Å². The predicted molar refractivity (Wildman–Crippen MR) is 99.3 cm³/mol. The molecule has 0 saturated carbocycles. The molecular formula is C20H29N3O2. The molecule has 0 radical (unpaired) electrons. The van der Waals surface area contributed by atoms with Gasteiger partial charge in [-0.1, -0.05) is 25.5 Å². The Kier molecular flexibility index (Phi) is 5.74. The van der Waals surface area contributed by atoms with Crippen molar-refractivity contribution >= 4 is 17.5 Å². The Balaban J connectivity index is 1.61. The summed E-state index contributed by atoms with van der Waals surface area (Å²) in [5.41, 5.74) is 8.12. The summed E-state index contributed by atoms with van der Waals surface area (Å²) in [5.74, 6) is -0.0581. The summed E-state index contributed by atoms with van der Waals surface area (Å²) < 4.78 is 0. The summed E-state index contributed by atoms with van der Waals surface area (Å²) in [6.45, 7) is 4.12. The first-order valence-electron chi connectivity index (χ1n) is 9.52. The predicted octanol–water partition coefficient (Wildman–Crippen LogP) is 2.33. The van der Waals surface area contributed by atoms with Crippen molar-refractivity contribution in [3.05, 3.63) is 29.8 Å². The van der Waals surface area contributed by atoms with E-state index in [1.807, 2.05) is 17.0 Å². The molecule has 0 spiro atoms. The Morgan fingerprint density at radius 1 is 1.20 bits per heavy atom. The van der Waals surface area contributed by atoms with Crippen molar-refractivity contribution in [3.63, 3.8) is 0 Å². The minimum atomic E-state index is -0.221. The first kappa shape index (κ1) is 17.9. The Morgan fingerprint density at radius 2 is 1.88 bits per heavy atom. The summed E-state index contributed by atoms with van der Waals surface area (Å²) in [6.07, 6.45) is 5.46. The van der Waals surface area contributed by atoms with E-state index in [2.05, 4.69) is 19.1 Å². The Labute approximate surface area is 150 Å². The number of hydrogen-bond acceptors (Lipinski definition) is 3. The van der Waals surface area contributed by atoms with Gasteiger partial charge in [0.25, 0.3) is 0 Å². The zero-order chi connectivity index (χ0) is 17.8. The number of unbranched alkanes of at least 4 members (excludes halogenated alkanes) is 1. The van der Waals surface area contributed by atoms with Crippen LogP contribution in [-0.4, -0.2) is 42.4 Å². The van der Waals surface area contributed by atoms with Crippen LogP contribution in [0.1, 0.15) is 44.6 Å². The van der Waals surface area contributed by atoms with Crippen molar-refractivity contribution in [2.75, 3.05) is 24.5 Å². The van der Waals surface area contributed by atoms with E-state index in [1.54, 1.807) is 4.90 Å². The average Bonchev–Trinajstić information content (AvgIpc) is 3.02. The molecule has 1 unspecified atom stereocenters.